The third-order valence-electron chi connectivity index (χ3n) is 13.1. The van der Waals surface area contributed by atoms with Crippen LogP contribution in [0.1, 0.15) is 102 Å². The molecular formula is C44H65N9O7. The molecule has 60 heavy (non-hydrogen) atoms. The number of H-pyrrole nitrogens is 1. The van der Waals surface area contributed by atoms with E-state index in [0.29, 0.717) is 78.0 Å². The molecule has 4 saturated heterocycles. The molecule has 0 spiro atoms. The van der Waals surface area contributed by atoms with Crippen LogP contribution in [0.5, 0.6) is 0 Å². The summed E-state index contributed by atoms with van der Waals surface area (Å²) in [6.45, 7) is 12.9. The summed E-state index contributed by atoms with van der Waals surface area (Å²) in [5.74, 6) is 0.558. The first kappa shape index (κ1) is 43.4. The lowest BCUT2D eigenvalue weighted by Gasteiger charge is -2.34. The lowest BCUT2D eigenvalue weighted by molar-refractivity contribution is -0.141. The van der Waals surface area contributed by atoms with Gasteiger partial charge in [-0.1, -0.05) is 52.0 Å². The molecule has 328 valence electrons. The highest BCUT2D eigenvalue weighted by Crippen LogP contribution is 2.36. The molecule has 16 nitrogen and oxygen atoms in total. The van der Waals surface area contributed by atoms with E-state index in [1.165, 1.54) is 5.56 Å². The Labute approximate surface area is 353 Å². The van der Waals surface area contributed by atoms with Gasteiger partial charge in [-0.15, -0.1) is 0 Å². The average Bonchev–Trinajstić information content (AvgIpc) is 4.07. The van der Waals surface area contributed by atoms with E-state index in [-0.39, 0.29) is 53.7 Å². The number of likely N-dealkylation sites (tertiary alicyclic amines) is 2. The number of benzene rings is 1. The van der Waals surface area contributed by atoms with Crippen molar-refractivity contribution in [2.45, 2.75) is 115 Å². The highest BCUT2D eigenvalue weighted by atomic mass is 16.5. The van der Waals surface area contributed by atoms with Crippen molar-refractivity contribution >= 4 is 29.8 Å². The van der Waals surface area contributed by atoms with Crippen LogP contribution in [0.4, 0.5) is 9.59 Å². The van der Waals surface area contributed by atoms with Gasteiger partial charge >= 0.3 is 12.1 Å². The number of carbonyl (C=O) groups excluding carboxylic acids is 5. The van der Waals surface area contributed by atoms with E-state index in [4.69, 9.17) is 14.5 Å². The summed E-state index contributed by atoms with van der Waals surface area (Å²) in [6, 6.07) is 6.10. The molecule has 5 fully saturated rings. The van der Waals surface area contributed by atoms with Crippen molar-refractivity contribution in [1.82, 2.24) is 45.5 Å². The first-order valence-corrected chi connectivity index (χ1v) is 22.3. The summed E-state index contributed by atoms with van der Waals surface area (Å²) in [4.78, 5) is 82.5. The molecule has 4 aliphatic heterocycles. The lowest BCUT2D eigenvalue weighted by atomic mass is 9.81. The van der Waals surface area contributed by atoms with Gasteiger partial charge in [0.2, 0.25) is 17.7 Å². The number of urea groups is 2. The number of aromatic nitrogens is 2. The van der Waals surface area contributed by atoms with Gasteiger partial charge in [-0.25, -0.2) is 14.6 Å². The summed E-state index contributed by atoms with van der Waals surface area (Å²) in [6.07, 6.45) is 8.49. The quantitative estimate of drug-likeness (QED) is 0.262. The van der Waals surface area contributed by atoms with Gasteiger partial charge < -0.3 is 50.0 Å². The van der Waals surface area contributed by atoms with Crippen molar-refractivity contribution in [3.8, 4) is 11.3 Å². The number of ether oxygens (including phenoxy) is 2. The Hall–Kier alpha value is -4.70. The molecule has 7 rings (SSSR count). The Morgan fingerprint density at radius 3 is 1.78 bits per heavy atom. The van der Waals surface area contributed by atoms with Crippen LogP contribution in [-0.4, -0.2) is 149 Å². The summed E-state index contributed by atoms with van der Waals surface area (Å²) >= 11 is 0. The van der Waals surface area contributed by atoms with Crippen molar-refractivity contribution < 1.29 is 33.4 Å². The molecule has 4 N–H and O–H groups in total. The third-order valence-corrected chi connectivity index (χ3v) is 13.1. The Morgan fingerprint density at radius 2 is 1.22 bits per heavy atom. The first-order valence-electron chi connectivity index (χ1n) is 22.3. The van der Waals surface area contributed by atoms with E-state index >= 15 is 0 Å². The zero-order valence-electron chi connectivity index (χ0n) is 35.8. The van der Waals surface area contributed by atoms with E-state index in [0.717, 1.165) is 62.0 Å². The Kier molecular flexibility index (Phi) is 14.3. The predicted octanol–water partition coefficient (Wildman–Crippen LogP) is 4.01. The average molecular weight is 832 g/mol. The van der Waals surface area contributed by atoms with Crippen molar-refractivity contribution in [3.05, 3.63) is 41.9 Å². The Morgan fingerprint density at radius 1 is 0.683 bits per heavy atom. The standard InChI is InChI=1S/C44H65N9O7/c1-28(2)37(48-43(57)50-19-23-59-24-20-50)41(55)52-17-5-7-35(52)39-45-27-34(47-39)32-11-9-30(10-12-32)31-13-15-33(16-14-31)46-40(54)36-8-6-18-53(36)42(56)38(29(3)4)49-44(58)51-21-25-60-26-22-51/h9-12,27-29,31,33,35-38H,5-8,13-26H2,1-4H3,(H,45,47)(H,46,54)(H,48,57)(H,49,58)/t31-,33-,35-,36-,37+,38+/m0/s1. The number of hydrogen-bond acceptors (Lipinski definition) is 8. The number of nitrogens with zero attached hydrogens (tertiary/aromatic N) is 5. The lowest BCUT2D eigenvalue weighted by Crippen LogP contribution is -2.58. The van der Waals surface area contributed by atoms with Crippen LogP contribution in [-0.2, 0) is 23.9 Å². The minimum atomic E-state index is -0.704. The summed E-state index contributed by atoms with van der Waals surface area (Å²) < 4.78 is 10.8. The summed E-state index contributed by atoms with van der Waals surface area (Å²) in [7, 11) is 0. The zero-order valence-corrected chi connectivity index (χ0v) is 35.8. The number of amides is 7. The van der Waals surface area contributed by atoms with Crippen molar-refractivity contribution in [2.24, 2.45) is 11.8 Å². The molecular weight excluding hydrogens is 767 g/mol. The van der Waals surface area contributed by atoms with Crippen LogP contribution < -0.4 is 16.0 Å². The molecule has 0 bridgehead atoms. The fourth-order valence-electron chi connectivity index (χ4n) is 9.44. The third kappa shape index (κ3) is 10.1. The van der Waals surface area contributed by atoms with E-state index in [1.54, 1.807) is 14.7 Å². The molecule has 2 aromatic rings. The largest absolute Gasteiger partial charge is 0.378 e. The van der Waals surface area contributed by atoms with Gasteiger partial charge in [0.05, 0.1) is 44.4 Å². The zero-order chi connectivity index (χ0) is 42.3. The first-order chi connectivity index (χ1) is 29.0. The molecule has 4 atom stereocenters. The highest BCUT2D eigenvalue weighted by Gasteiger charge is 2.41. The van der Waals surface area contributed by atoms with Crippen LogP contribution in [0, 0.1) is 11.8 Å². The van der Waals surface area contributed by atoms with Gasteiger partial charge in [0, 0.05) is 45.3 Å². The van der Waals surface area contributed by atoms with Gasteiger partial charge in [-0.2, -0.15) is 0 Å². The number of imidazole rings is 1. The normalized spacial score (nSPS) is 24.7. The smallest absolute Gasteiger partial charge is 0.318 e. The second-order valence-electron chi connectivity index (χ2n) is 17.8. The Bertz CT molecular complexity index is 1800. The van der Waals surface area contributed by atoms with E-state index < -0.39 is 18.1 Å². The van der Waals surface area contributed by atoms with Gasteiger partial charge in [-0.05, 0) is 80.2 Å². The molecule has 5 heterocycles. The van der Waals surface area contributed by atoms with Crippen LogP contribution in [0.2, 0.25) is 0 Å². The van der Waals surface area contributed by atoms with E-state index in [9.17, 15) is 24.0 Å². The fraction of sp³-hybridized carbons (Fsp3) is 0.682. The van der Waals surface area contributed by atoms with Crippen LogP contribution in [0.25, 0.3) is 11.3 Å². The van der Waals surface area contributed by atoms with E-state index in [2.05, 4.69) is 45.2 Å². The van der Waals surface area contributed by atoms with Crippen molar-refractivity contribution in [3.63, 3.8) is 0 Å². The minimum Gasteiger partial charge on any atom is -0.378 e. The van der Waals surface area contributed by atoms with E-state index in [1.807, 2.05) is 38.8 Å². The van der Waals surface area contributed by atoms with Crippen LogP contribution in [0.15, 0.2) is 30.5 Å². The number of hydrogen-bond donors (Lipinski definition) is 4. The monoisotopic (exact) mass is 832 g/mol. The topological polar surface area (TPSA) is 182 Å². The summed E-state index contributed by atoms with van der Waals surface area (Å²) in [5.41, 5.74) is 3.17. The SMILES string of the molecule is CC(C)[C@@H](NC(=O)N1CCOCC1)C(=O)N1CCC[C@H]1C(=O)N[C@H]1CC[C@H](c2ccc(-c3cnc([C@@H]4CCCN4C(=O)[C@H](NC(=O)N4CCOCC4)C(C)C)[nH]3)cc2)CC1. The maximum Gasteiger partial charge on any atom is 0.318 e. The molecule has 16 heteroatoms. The molecule has 0 radical (unpaired) electrons. The number of rotatable bonds is 11. The van der Waals surface area contributed by atoms with Gasteiger partial charge in [0.1, 0.15) is 23.9 Å². The van der Waals surface area contributed by atoms with Gasteiger partial charge in [0.15, 0.2) is 0 Å². The molecule has 7 amide bonds. The maximum atomic E-state index is 13.9. The minimum absolute atomic E-state index is 0.0507. The second kappa shape index (κ2) is 19.8. The highest BCUT2D eigenvalue weighted by molar-refractivity contribution is 5.92. The molecule has 5 aliphatic rings. The molecule has 1 aliphatic carbocycles. The summed E-state index contributed by atoms with van der Waals surface area (Å²) in [5, 5.41) is 9.23. The Balaban J connectivity index is 0.898. The van der Waals surface area contributed by atoms with Crippen molar-refractivity contribution in [2.75, 3.05) is 65.7 Å². The van der Waals surface area contributed by atoms with Gasteiger partial charge in [0.25, 0.3) is 0 Å². The van der Waals surface area contributed by atoms with Gasteiger partial charge in [-0.3, -0.25) is 14.4 Å². The number of nitrogens with one attached hydrogen (secondary N) is 4. The molecule has 1 aromatic carbocycles. The van der Waals surface area contributed by atoms with Crippen LogP contribution in [0.3, 0.4) is 0 Å². The predicted molar refractivity (Wildman–Crippen MR) is 225 cm³/mol. The van der Waals surface area contributed by atoms with Crippen LogP contribution >= 0.6 is 0 Å². The fourth-order valence-corrected chi connectivity index (χ4v) is 9.44. The number of aromatic amines is 1. The maximum absolute atomic E-state index is 13.9. The second-order valence-corrected chi connectivity index (χ2v) is 17.8. The molecule has 0 unspecified atom stereocenters. The number of morpholine rings is 2. The number of carbonyl (C=O) groups is 5. The molecule has 1 saturated carbocycles. The van der Waals surface area contributed by atoms with Crippen molar-refractivity contribution in [1.29, 1.82) is 0 Å². The molecule has 1 aromatic heterocycles.